The second-order valence-electron chi connectivity index (χ2n) is 9.17. The van der Waals surface area contributed by atoms with E-state index in [1.54, 1.807) is 11.8 Å². The minimum Gasteiger partial charge on any atom is -0.481 e. The number of carboxylic acids is 1. The Morgan fingerprint density at radius 1 is 1.06 bits per heavy atom. The van der Waals surface area contributed by atoms with Gasteiger partial charge in [0.2, 0.25) is 5.91 Å². The molecular formula is C26H30N2O6. The highest BCUT2D eigenvalue weighted by atomic mass is 16.5. The van der Waals surface area contributed by atoms with Gasteiger partial charge in [-0.1, -0.05) is 48.5 Å². The van der Waals surface area contributed by atoms with E-state index in [0.717, 1.165) is 22.3 Å². The number of methoxy groups -OCH3 is 1. The predicted molar refractivity (Wildman–Crippen MR) is 125 cm³/mol. The van der Waals surface area contributed by atoms with Gasteiger partial charge in [0.25, 0.3) is 0 Å². The molecule has 0 aromatic heterocycles. The highest BCUT2D eigenvalue weighted by Crippen LogP contribution is 2.44. The fourth-order valence-electron chi connectivity index (χ4n) is 4.78. The SMILES string of the molecule is COCC(NC(=O)OCC1c2ccccc2-c2ccccc21)C(=O)N1CCC(C)(C(=O)O)CC1. The molecule has 180 valence electrons. The molecule has 1 fully saturated rings. The molecule has 0 spiro atoms. The first-order chi connectivity index (χ1) is 16.3. The molecule has 1 heterocycles. The minimum absolute atomic E-state index is 0.00424. The normalized spacial score (nSPS) is 17.4. The summed E-state index contributed by atoms with van der Waals surface area (Å²) < 4.78 is 10.7. The van der Waals surface area contributed by atoms with Gasteiger partial charge in [0, 0.05) is 26.1 Å². The van der Waals surface area contributed by atoms with Crippen molar-refractivity contribution in [1.82, 2.24) is 10.2 Å². The molecule has 1 aliphatic carbocycles. The van der Waals surface area contributed by atoms with E-state index in [1.165, 1.54) is 7.11 Å². The van der Waals surface area contributed by atoms with E-state index in [0.29, 0.717) is 25.9 Å². The number of nitrogens with one attached hydrogen (secondary N) is 1. The number of nitrogens with zero attached hydrogens (tertiary/aromatic N) is 1. The van der Waals surface area contributed by atoms with Gasteiger partial charge in [0.15, 0.2) is 0 Å². The van der Waals surface area contributed by atoms with Gasteiger partial charge < -0.3 is 24.8 Å². The number of carbonyl (C=O) groups excluding carboxylic acids is 2. The maximum Gasteiger partial charge on any atom is 0.407 e. The van der Waals surface area contributed by atoms with Gasteiger partial charge in [-0.05, 0) is 42.0 Å². The van der Waals surface area contributed by atoms with Crippen LogP contribution in [0.3, 0.4) is 0 Å². The average Bonchev–Trinajstić information content (AvgIpc) is 3.16. The highest BCUT2D eigenvalue weighted by molar-refractivity contribution is 5.86. The Balaban J connectivity index is 1.38. The topological polar surface area (TPSA) is 105 Å². The summed E-state index contributed by atoms with van der Waals surface area (Å²) in [6.07, 6.45) is 0.0295. The van der Waals surface area contributed by atoms with Gasteiger partial charge >= 0.3 is 12.1 Å². The molecule has 1 atom stereocenters. The number of ether oxygens (including phenoxy) is 2. The van der Waals surface area contributed by atoms with Crippen molar-refractivity contribution >= 4 is 18.0 Å². The van der Waals surface area contributed by atoms with Crippen LogP contribution in [-0.2, 0) is 19.1 Å². The zero-order chi connectivity index (χ0) is 24.3. The van der Waals surface area contributed by atoms with Crippen molar-refractivity contribution in [2.75, 3.05) is 33.4 Å². The Bertz CT molecular complexity index is 1030. The summed E-state index contributed by atoms with van der Waals surface area (Å²) >= 11 is 0. The molecule has 34 heavy (non-hydrogen) atoms. The fraction of sp³-hybridized carbons (Fsp3) is 0.423. The smallest absolute Gasteiger partial charge is 0.407 e. The Morgan fingerprint density at radius 2 is 1.62 bits per heavy atom. The number of carboxylic acid groups (broad SMARTS) is 1. The first kappa shape index (κ1) is 23.8. The summed E-state index contributed by atoms with van der Waals surface area (Å²) in [4.78, 5) is 38.7. The lowest BCUT2D eigenvalue weighted by atomic mass is 9.80. The van der Waals surface area contributed by atoms with E-state index in [2.05, 4.69) is 17.4 Å². The van der Waals surface area contributed by atoms with Gasteiger partial charge in [-0.15, -0.1) is 0 Å². The maximum atomic E-state index is 13.0. The molecular weight excluding hydrogens is 436 g/mol. The third kappa shape index (κ3) is 4.63. The number of hydrogen-bond acceptors (Lipinski definition) is 5. The summed E-state index contributed by atoms with van der Waals surface area (Å²) in [7, 11) is 1.46. The molecule has 2 N–H and O–H groups in total. The van der Waals surface area contributed by atoms with Crippen LogP contribution < -0.4 is 5.32 Å². The summed E-state index contributed by atoms with van der Waals surface area (Å²) in [6, 6.07) is 15.2. The molecule has 2 aromatic carbocycles. The van der Waals surface area contributed by atoms with Gasteiger partial charge in [-0.25, -0.2) is 4.79 Å². The van der Waals surface area contributed by atoms with E-state index in [9.17, 15) is 19.5 Å². The quantitative estimate of drug-likeness (QED) is 0.649. The Kier molecular flexibility index (Phi) is 6.88. The van der Waals surface area contributed by atoms with Crippen molar-refractivity contribution in [1.29, 1.82) is 0 Å². The lowest BCUT2D eigenvalue weighted by Gasteiger charge is -2.37. The van der Waals surface area contributed by atoms with Crippen LogP contribution in [0.5, 0.6) is 0 Å². The number of amides is 2. The standard InChI is InChI=1S/C26H30N2O6/c1-26(24(30)31)11-13-28(14-12-26)23(29)22(16-33-2)27-25(32)34-15-21-19-9-5-3-7-17(19)18-8-4-6-10-20(18)21/h3-10,21-22H,11-16H2,1-2H3,(H,27,32)(H,30,31). The molecule has 2 amide bonds. The Labute approximate surface area is 198 Å². The summed E-state index contributed by atoms with van der Waals surface area (Å²) in [5, 5.41) is 12.0. The molecule has 8 heteroatoms. The maximum absolute atomic E-state index is 13.0. The number of benzene rings is 2. The third-order valence-electron chi connectivity index (χ3n) is 6.96. The van der Waals surface area contributed by atoms with Crippen LogP contribution in [0.15, 0.2) is 48.5 Å². The van der Waals surface area contributed by atoms with Crippen molar-refractivity contribution in [3.05, 3.63) is 59.7 Å². The van der Waals surface area contributed by atoms with E-state index in [1.807, 2.05) is 36.4 Å². The molecule has 1 saturated heterocycles. The van der Waals surface area contributed by atoms with Crippen molar-refractivity contribution in [2.24, 2.45) is 5.41 Å². The average molecular weight is 467 g/mol. The first-order valence-electron chi connectivity index (χ1n) is 11.5. The van der Waals surface area contributed by atoms with Gasteiger partial charge in [0.1, 0.15) is 12.6 Å². The van der Waals surface area contributed by atoms with Crippen LogP contribution in [0.4, 0.5) is 4.79 Å². The number of piperidine rings is 1. The van der Waals surface area contributed by atoms with Crippen LogP contribution in [0.1, 0.15) is 36.8 Å². The van der Waals surface area contributed by atoms with E-state index < -0.39 is 23.5 Å². The highest BCUT2D eigenvalue weighted by Gasteiger charge is 2.39. The van der Waals surface area contributed by atoms with Crippen LogP contribution in [0, 0.1) is 5.41 Å². The monoisotopic (exact) mass is 466 g/mol. The molecule has 0 saturated carbocycles. The zero-order valence-electron chi connectivity index (χ0n) is 19.5. The van der Waals surface area contributed by atoms with Crippen LogP contribution in [0.25, 0.3) is 11.1 Å². The van der Waals surface area contributed by atoms with E-state index in [4.69, 9.17) is 9.47 Å². The molecule has 2 aromatic rings. The summed E-state index contributed by atoms with van der Waals surface area (Å²) in [5.41, 5.74) is 3.65. The second kappa shape index (κ2) is 9.85. The second-order valence-corrected chi connectivity index (χ2v) is 9.17. The van der Waals surface area contributed by atoms with Crippen LogP contribution >= 0.6 is 0 Å². The third-order valence-corrected chi connectivity index (χ3v) is 6.96. The molecule has 1 unspecified atom stereocenters. The molecule has 1 aliphatic heterocycles. The number of carbonyl (C=O) groups is 3. The Morgan fingerprint density at radius 3 is 2.15 bits per heavy atom. The predicted octanol–water partition coefficient (Wildman–Crippen LogP) is 3.25. The summed E-state index contributed by atoms with van der Waals surface area (Å²) in [5.74, 6) is -1.24. The van der Waals surface area contributed by atoms with Crippen molar-refractivity contribution in [3.8, 4) is 11.1 Å². The van der Waals surface area contributed by atoms with Gasteiger partial charge in [-0.2, -0.15) is 0 Å². The number of likely N-dealkylation sites (tertiary alicyclic amines) is 1. The number of alkyl carbamates (subject to hydrolysis) is 1. The van der Waals surface area contributed by atoms with Crippen molar-refractivity contribution in [2.45, 2.75) is 31.7 Å². The van der Waals surface area contributed by atoms with Crippen LogP contribution in [0.2, 0.25) is 0 Å². The van der Waals surface area contributed by atoms with E-state index in [-0.39, 0.29) is 25.0 Å². The number of hydrogen-bond donors (Lipinski definition) is 2. The molecule has 8 nitrogen and oxygen atoms in total. The number of aliphatic carboxylic acids is 1. The van der Waals surface area contributed by atoms with Crippen LogP contribution in [-0.4, -0.2) is 67.4 Å². The first-order valence-corrected chi connectivity index (χ1v) is 11.5. The number of fused-ring (bicyclic) bond motifs is 3. The largest absolute Gasteiger partial charge is 0.481 e. The van der Waals surface area contributed by atoms with E-state index >= 15 is 0 Å². The molecule has 4 rings (SSSR count). The molecule has 2 aliphatic rings. The van der Waals surface area contributed by atoms with Crippen molar-refractivity contribution < 1.29 is 29.0 Å². The molecule has 0 radical (unpaired) electrons. The van der Waals surface area contributed by atoms with Gasteiger partial charge in [-0.3, -0.25) is 9.59 Å². The fourth-order valence-corrected chi connectivity index (χ4v) is 4.78. The Hall–Kier alpha value is -3.39. The lowest BCUT2D eigenvalue weighted by Crippen LogP contribution is -2.54. The van der Waals surface area contributed by atoms with Crippen molar-refractivity contribution in [3.63, 3.8) is 0 Å². The lowest BCUT2D eigenvalue weighted by molar-refractivity contribution is -0.153. The number of rotatable bonds is 7. The van der Waals surface area contributed by atoms with Gasteiger partial charge in [0.05, 0.1) is 12.0 Å². The molecule has 0 bridgehead atoms. The summed E-state index contributed by atoms with van der Waals surface area (Å²) in [6.45, 7) is 2.46. The zero-order valence-corrected chi connectivity index (χ0v) is 19.5. The minimum atomic E-state index is -0.908.